The van der Waals surface area contributed by atoms with E-state index in [0.717, 1.165) is 45.8 Å². The fraction of sp³-hybridized carbons (Fsp3) is 0.143. The molecule has 0 radical (unpaired) electrons. The molecule has 0 atom stereocenters. The van der Waals surface area contributed by atoms with E-state index < -0.39 is 0 Å². The molecule has 1 aliphatic rings. The molecule has 1 aliphatic heterocycles. The number of amides is 2. The molecule has 3 aromatic carbocycles. The molecule has 2 amide bonds. The lowest BCUT2D eigenvalue weighted by Crippen LogP contribution is -2.27. The normalized spacial score (nSPS) is 15.1. The zero-order valence-corrected chi connectivity index (χ0v) is 19.7. The van der Waals surface area contributed by atoms with Crippen LogP contribution in [-0.4, -0.2) is 15.7 Å². The first kappa shape index (κ1) is 22.2. The Morgan fingerprint density at radius 3 is 2.41 bits per heavy atom. The summed E-state index contributed by atoms with van der Waals surface area (Å²) in [5.74, 6) is -0.578. The topological polar surface area (TPSA) is 42.3 Å². The smallest absolute Gasteiger partial charge is 0.298 e. The number of fused-ring (bicyclic) bond motifs is 1. The van der Waals surface area contributed by atoms with Crippen molar-refractivity contribution in [3.63, 3.8) is 0 Å². The van der Waals surface area contributed by atoms with Crippen molar-refractivity contribution in [2.75, 3.05) is 4.90 Å². The van der Waals surface area contributed by atoms with Crippen LogP contribution < -0.4 is 4.90 Å². The Hall–Kier alpha value is -3.64. The van der Waals surface area contributed by atoms with Crippen molar-refractivity contribution < 1.29 is 14.0 Å². The minimum Gasteiger partial charge on any atom is -0.342 e. The Balaban J connectivity index is 1.56. The van der Waals surface area contributed by atoms with Crippen molar-refractivity contribution in [3.8, 4) is 0 Å². The number of aromatic nitrogens is 1. The Kier molecular flexibility index (Phi) is 5.84. The summed E-state index contributed by atoms with van der Waals surface area (Å²) in [6.07, 6.45) is 4.67. The Labute approximate surface area is 201 Å². The van der Waals surface area contributed by atoms with Gasteiger partial charge < -0.3 is 4.57 Å². The van der Waals surface area contributed by atoms with Crippen LogP contribution in [0.1, 0.15) is 29.2 Å². The van der Waals surface area contributed by atoms with Crippen LogP contribution in [0, 0.1) is 12.7 Å². The molecule has 0 N–H and O–H groups in total. The van der Waals surface area contributed by atoms with E-state index >= 15 is 0 Å². The molecule has 34 heavy (non-hydrogen) atoms. The number of aryl methyl sites for hydroxylation is 2. The minimum absolute atomic E-state index is 0.264. The lowest BCUT2D eigenvalue weighted by molar-refractivity contribution is -0.113. The number of benzene rings is 3. The first-order valence-corrected chi connectivity index (χ1v) is 12.0. The second-order valence-corrected chi connectivity index (χ2v) is 9.35. The van der Waals surface area contributed by atoms with Crippen LogP contribution in [0.5, 0.6) is 0 Å². The average Bonchev–Trinajstić information content (AvgIpc) is 3.32. The van der Waals surface area contributed by atoms with E-state index in [-0.39, 0.29) is 17.0 Å². The molecule has 0 bridgehead atoms. The summed E-state index contributed by atoms with van der Waals surface area (Å²) < 4.78 is 15.5. The molecule has 0 spiro atoms. The molecule has 1 fully saturated rings. The predicted molar refractivity (Wildman–Crippen MR) is 136 cm³/mol. The van der Waals surface area contributed by atoms with E-state index in [1.165, 1.54) is 22.6 Å². The molecule has 6 heteroatoms. The van der Waals surface area contributed by atoms with Crippen LogP contribution >= 0.6 is 11.8 Å². The maximum Gasteiger partial charge on any atom is 0.298 e. The quantitative estimate of drug-likeness (QED) is 0.297. The second-order valence-electron chi connectivity index (χ2n) is 8.36. The number of imide groups is 1. The van der Waals surface area contributed by atoms with E-state index in [9.17, 15) is 14.0 Å². The molecule has 1 aromatic heterocycles. The van der Waals surface area contributed by atoms with Crippen molar-refractivity contribution in [1.82, 2.24) is 4.57 Å². The van der Waals surface area contributed by atoms with Gasteiger partial charge in [-0.15, -0.1) is 0 Å². The molecule has 0 aliphatic carbocycles. The monoisotopic (exact) mass is 470 g/mol. The van der Waals surface area contributed by atoms with E-state index in [1.54, 1.807) is 24.3 Å². The number of anilines is 1. The standard InChI is InChI=1S/C28H23FN2O2S/c1-3-20-5-4-6-24-21(17-30(26(20)24)16-19-9-11-22(29)12-10-19)15-25-27(32)31(28(33)34-25)23-13-7-18(2)8-14-23/h4-15,17H,3,16H2,1-2H3/b25-15-. The van der Waals surface area contributed by atoms with Gasteiger partial charge in [-0.2, -0.15) is 0 Å². The molecular weight excluding hydrogens is 447 g/mol. The summed E-state index contributed by atoms with van der Waals surface area (Å²) in [5, 5.41) is 0.716. The van der Waals surface area contributed by atoms with Crippen LogP contribution in [0.2, 0.25) is 0 Å². The maximum absolute atomic E-state index is 13.4. The van der Waals surface area contributed by atoms with Gasteiger partial charge >= 0.3 is 0 Å². The molecule has 0 unspecified atom stereocenters. The van der Waals surface area contributed by atoms with E-state index in [4.69, 9.17) is 0 Å². The van der Waals surface area contributed by atoms with Gasteiger partial charge in [0.25, 0.3) is 11.1 Å². The summed E-state index contributed by atoms with van der Waals surface area (Å²) in [4.78, 5) is 27.5. The van der Waals surface area contributed by atoms with Crippen LogP contribution in [-0.2, 0) is 17.8 Å². The van der Waals surface area contributed by atoms with Gasteiger partial charge in [-0.25, -0.2) is 9.29 Å². The van der Waals surface area contributed by atoms with Crippen LogP contribution in [0.15, 0.2) is 77.8 Å². The number of carbonyl (C=O) groups excluding carboxylic acids is 2. The third-order valence-corrected chi connectivity index (χ3v) is 6.90. The molecule has 0 saturated carbocycles. The number of para-hydroxylation sites is 1. The van der Waals surface area contributed by atoms with Gasteiger partial charge in [0, 0.05) is 23.7 Å². The van der Waals surface area contributed by atoms with Gasteiger partial charge in [-0.1, -0.05) is 55.0 Å². The Morgan fingerprint density at radius 2 is 1.71 bits per heavy atom. The van der Waals surface area contributed by atoms with Gasteiger partial charge in [-0.3, -0.25) is 9.59 Å². The summed E-state index contributed by atoms with van der Waals surface area (Å²) in [6, 6.07) is 20.0. The van der Waals surface area contributed by atoms with Crippen molar-refractivity contribution in [2.45, 2.75) is 26.8 Å². The van der Waals surface area contributed by atoms with E-state index in [2.05, 4.69) is 17.6 Å². The lowest BCUT2D eigenvalue weighted by atomic mass is 10.1. The Morgan fingerprint density at radius 1 is 0.971 bits per heavy atom. The fourth-order valence-electron chi connectivity index (χ4n) is 4.30. The number of halogens is 1. The van der Waals surface area contributed by atoms with Crippen molar-refractivity contribution in [2.24, 2.45) is 0 Å². The van der Waals surface area contributed by atoms with Gasteiger partial charge in [0.1, 0.15) is 5.82 Å². The third-order valence-electron chi connectivity index (χ3n) is 6.03. The molecular formula is C28H23FN2O2S. The number of thioether (sulfide) groups is 1. The second kappa shape index (κ2) is 8.95. The molecule has 4 nitrogen and oxygen atoms in total. The molecule has 4 aromatic rings. The zero-order valence-electron chi connectivity index (χ0n) is 18.9. The molecule has 2 heterocycles. The van der Waals surface area contributed by atoms with E-state index in [0.29, 0.717) is 17.1 Å². The summed E-state index contributed by atoms with van der Waals surface area (Å²) in [6.45, 7) is 4.65. The Bertz CT molecular complexity index is 1440. The van der Waals surface area contributed by atoms with E-state index in [1.807, 2.05) is 43.5 Å². The summed E-state index contributed by atoms with van der Waals surface area (Å²) in [7, 11) is 0. The predicted octanol–water partition coefficient (Wildman–Crippen LogP) is 6.94. The average molecular weight is 471 g/mol. The van der Waals surface area contributed by atoms with Crippen LogP contribution in [0.3, 0.4) is 0 Å². The number of carbonyl (C=O) groups is 2. The molecule has 5 rings (SSSR count). The molecule has 1 saturated heterocycles. The van der Waals surface area contributed by atoms with Gasteiger partial charge in [0.15, 0.2) is 0 Å². The lowest BCUT2D eigenvalue weighted by Gasteiger charge is -2.12. The highest BCUT2D eigenvalue weighted by Gasteiger charge is 2.36. The van der Waals surface area contributed by atoms with Crippen molar-refractivity contribution in [1.29, 1.82) is 0 Å². The number of nitrogens with zero attached hydrogens (tertiary/aromatic N) is 2. The van der Waals surface area contributed by atoms with Crippen LogP contribution in [0.25, 0.3) is 17.0 Å². The number of hydrogen-bond acceptors (Lipinski definition) is 3. The minimum atomic E-state index is -0.315. The SMILES string of the molecule is CCc1cccc2c(/C=C3\SC(=O)N(c4ccc(C)cc4)C3=O)cn(Cc3ccc(F)cc3)c12. The molecule has 170 valence electrons. The van der Waals surface area contributed by atoms with Gasteiger partial charge in [0.05, 0.1) is 16.1 Å². The highest BCUT2D eigenvalue weighted by atomic mass is 32.2. The highest BCUT2D eigenvalue weighted by molar-refractivity contribution is 8.19. The first-order chi connectivity index (χ1) is 16.4. The highest BCUT2D eigenvalue weighted by Crippen LogP contribution is 2.37. The van der Waals surface area contributed by atoms with Gasteiger partial charge in [0.2, 0.25) is 0 Å². The summed E-state index contributed by atoms with van der Waals surface area (Å²) >= 11 is 0.957. The zero-order chi connectivity index (χ0) is 23.8. The van der Waals surface area contributed by atoms with Crippen molar-refractivity contribution >= 4 is 45.6 Å². The van der Waals surface area contributed by atoms with Crippen LogP contribution in [0.4, 0.5) is 14.9 Å². The maximum atomic E-state index is 13.4. The fourth-order valence-corrected chi connectivity index (χ4v) is 5.13. The van der Waals surface area contributed by atoms with Crippen molar-refractivity contribution in [3.05, 3.63) is 106 Å². The summed E-state index contributed by atoms with van der Waals surface area (Å²) in [5.41, 5.74) is 5.76. The first-order valence-electron chi connectivity index (χ1n) is 11.1. The number of rotatable bonds is 5. The number of hydrogen-bond donors (Lipinski definition) is 0. The third kappa shape index (κ3) is 4.05. The largest absolute Gasteiger partial charge is 0.342 e. The van der Waals surface area contributed by atoms with Gasteiger partial charge in [-0.05, 0) is 66.6 Å².